The van der Waals surface area contributed by atoms with Crippen molar-refractivity contribution in [3.8, 4) is 11.3 Å². The molecule has 178 valence electrons. The number of anilines is 1. The van der Waals surface area contributed by atoms with E-state index in [0.717, 1.165) is 17.0 Å². The van der Waals surface area contributed by atoms with Gasteiger partial charge in [0.05, 0.1) is 17.9 Å². The minimum absolute atomic E-state index is 0.0537. The fraction of sp³-hybridized carbons (Fsp3) is 0.333. The zero-order valence-electron chi connectivity index (χ0n) is 19.7. The van der Waals surface area contributed by atoms with Gasteiger partial charge in [0.1, 0.15) is 5.82 Å². The monoisotopic (exact) mass is 463 g/mol. The average molecular weight is 464 g/mol. The smallest absolute Gasteiger partial charge is 0.339 e. The summed E-state index contributed by atoms with van der Waals surface area (Å²) in [4.78, 5) is 29.3. The predicted molar refractivity (Wildman–Crippen MR) is 130 cm³/mol. The van der Waals surface area contributed by atoms with Crippen LogP contribution in [-0.2, 0) is 16.1 Å². The third-order valence-corrected chi connectivity index (χ3v) is 6.31. The first-order valence-corrected chi connectivity index (χ1v) is 11.7. The summed E-state index contributed by atoms with van der Waals surface area (Å²) >= 11 is 0. The number of nitrogens with zero attached hydrogens (tertiary/aromatic N) is 3. The molecular formula is C27H30FN3O3. The highest BCUT2D eigenvalue weighted by Gasteiger charge is 2.24. The standard InChI is InChI=1S/C27H30FN3O3/c1-3-34-27(33)22-19-25(21-9-5-4-6-10-21)31(20(22)2)14-13-26(32)30-17-15-29(16-18-30)24-12-8-7-11-23(24)28/h4-12,19H,3,13-18H2,1-2H3. The van der Waals surface area contributed by atoms with Crippen LogP contribution >= 0.6 is 0 Å². The number of benzene rings is 2. The van der Waals surface area contributed by atoms with Crippen molar-refractivity contribution < 1.29 is 18.7 Å². The molecule has 0 N–H and O–H groups in total. The maximum absolute atomic E-state index is 14.1. The van der Waals surface area contributed by atoms with E-state index in [0.29, 0.717) is 57.0 Å². The summed E-state index contributed by atoms with van der Waals surface area (Å²) in [5.41, 5.74) is 3.75. The number of ether oxygens (including phenoxy) is 1. The lowest BCUT2D eigenvalue weighted by Crippen LogP contribution is -2.49. The van der Waals surface area contributed by atoms with E-state index in [2.05, 4.69) is 0 Å². The van der Waals surface area contributed by atoms with Gasteiger partial charge in [-0.1, -0.05) is 42.5 Å². The van der Waals surface area contributed by atoms with Gasteiger partial charge < -0.3 is 19.1 Å². The van der Waals surface area contributed by atoms with Gasteiger partial charge in [-0.25, -0.2) is 9.18 Å². The molecule has 1 amide bonds. The van der Waals surface area contributed by atoms with Crippen molar-refractivity contribution in [1.29, 1.82) is 0 Å². The Labute approximate surface area is 199 Å². The lowest BCUT2D eigenvalue weighted by molar-refractivity contribution is -0.131. The quantitative estimate of drug-likeness (QED) is 0.484. The summed E-state index contributed by atoms with van der Waals surface area (Å²) in [6, 6.07) is 18.4. The molecule has 1 aromatic heterocycles. The number of halogens is 1. The van der Waals surface area contributed by atoms with Crippen molar-refractivity contribution in [3.05, 3.63) is 77.7 Å². The molecule has 0 unspecified atom stereocenters. The molecule has 1 fully saturated rings. The Morgan fingerprint density at radius 2 is 1.65 bits per heavy atom. The summed E-state index contributed by atoms with van der Waals surface area (Å²) in [5.74, 6) is -0.541. The Hall–Kier alpha value is -3.61. The lowest BCUT2D eigenvalue weighted by atomic mass is 10.1. The van der Waals surface area contributed by atoms with Gasteiger partial charge >= 0.3 is 5.97 Å². The van der Waals surface area contributed by atoms with Gasteiger partial charge in [0.2, 0.25) is 5.91 Å². The van der Waals surface area contributed by atoms with Crippen LogP contribution < -0.4 is 4.90 Å². The topological polar surface area (TPSA) is 54.8 Å². The number of hydrogen-bond donors (Lipinski definition) is 0. The number of piperazine rings is 1. The Morgan fingerprint density at radius 3 is 2.32 bits per heavy atom. The number of para-hydroxylation sites is 1. The van der Waals surface area contributed by atoms with Crippen LogP contribution in [0.3, 0.4) is 0 Å². The molecule has 0 bridgehead atoms. The molecule has 0 saturated carbocycles. The third kappa shape index (κ3) is 4.98. The number of amides is 1. The van der Waals surface area contributed by atoms with E-state index in [1.807, 2.05) is 63.8 Å². The van der Waals surface area contributed by atoms with Crippen molar-refractivity contribution in [1.82, 2.24) is 9.47 Å². The van der Waals surface area contributed by atoms with Gasteiger partial charge in [-0.3, -0.25) is 4.79 Å². The molecule has 0 spiro atoms. The first-order chi connectivity index (χ1) is 16.5. The molecule has 34 heavy (non-hydrogen) atoms. The predicted octanol–water partition coefficient (Wildman–Crippen LogP) is 4.52. The average Bonchev–Trinajstić information content (AvgIpc) is 3.20. The third-order valence-electron chi connectivity index (χ3n) is 6.31. The number of rotatable bonds is 7. The van der Waals surface area contributed by atoms with Gasteiger partial charge in [0.15, 0.2) is 0 Å². The molecule has 7 heteroatoms. The normalized spacial score (nSPS) is 13.7. The van der Waals surface area contributed by atoms with Crippen LogP contribution in [-0.4, -0.2) is 54.1 Å². The summed E-state index contributed by atoms with van der Waals surface area (Å²) < 4.78 is 21.4. The fourth-order valence-corrected chi connectivity index (χ4v) is 4.47. The molecule has 4 rings (SSSR count). The van der Waals surface area contributed by atoms with Crippen LogP contribution in [0.15, 0.2) is 60.7 Å². The van der Waals surface area contributed by atoms with Crippen molar-refractivity contribution >= 4 is 17.6 Å². The molecule has 0 aliphatic carbocycles. The maximum Gasteiger partial charge on any atom is 0.339 e. The van der Waals surface area contributed by atoms with E-state index in [-0.39, 0.29) is 17.7 Å². The maximum atomic E-state index is 14.1. The van der Waals surface area contributed by atoms with Crippen molar-refractivity contribution in [2.45, 2.75) is 26.8 Å². The van der Waals surface area contributed by atoms with Crippen molar-refractivity contribution in [2.75, 3.05) is 37.7 Å². The highest BCUT2D eigenvalue weighted by atomic mass is 19.1. The lowest BCUT2D eigenvalue weighted by Gasteiger charge is -2.36. The number of esters is 1. The second kappa shape index (κ2) is 10.5. The van der Waals surface area contributed by atoms with Crippen molar-refractivity contribution in [2.24, 2.45) is 0 Å². The highest BCUT2D eigenvalue weighted by molar-refractivity contribution is 5.92. The minimum Gasteiger partial charge on any atom is -0.462 e. The Balaban J connectivity index is 1.45. The molecule has 3 aromatic rings. The Bertz CT molecular complexity index is 1150. The molecule has 1 aliphatic heterocycles. The van der Waals surface area contributed by atoms with Crippen LogP contribution in [0.1, 0.15) is 29.4 Å². The van der Waals surface area contributed by atoms with E-state index in [4.69, 9.17) is 4.74 Å². The molecule has 1 aliphatic rings. The number of carbonyl (C=O) groups excluding carboxylic acids is 2. The van der Waals surface area contributed by atoms with Crippen LogP contribution in [0.5, 0.6) is 0 Å². The summed E-state index contributed by atoms with van der Waals surface area (Å²) in [5, 5.41) is 0. The van der Waals surface area contributed by atoms with Crippen molar-refractivity contribution in [3.63, 3.8) is 0 Å². The van der Waals surface area contributed by atoms with Gasteiger partial charge in [0.25, 0.3) is 0 Å². The molecular weight excluding hydrogens is 433 g/mol. The second-order valence-corrected chi connectivity index (χ2v) is 8.34. The molecule has 0 atom stereocenters. The second-order valence-electron chi connectivity index (χ2n) is 8.34. The van der Waals surface area contributed by atoms with Crippen LogP contribution in [0.25, 0.3) is 11.3 Å². The molecule has 1 saturated heterocycles. The van der Waals surface area contributed by atoms with Crippen LogP contribution in [0.4, 0.5) is 10.1 Å². The fourth-order valence-electron chi connectivity index (χ4n) is 4.47. The first-order valence-electron chi connectivity index (χ1n) is 11.7. The summed E-state index contributed by atoms with van der Waals surface area (Å²) in [6.07, 6.45) is 0.317. The van der Waals surface area contributed by atoms with Crippen LogP contribution in [0, 0.1) is 12.7 Å². The summed E-state index contributed by atoms with van der Waals surface area (Å²) in [7, 11) is 0. The van der Waals surface area contributed by atoms with Gasteiger partial charge in [-0.2, -0.15) is 0 Å². The number of carbonyl (C=O) groups is 2. The Kier molecular flexibility index (Phi) is 7.30. The van der Waals surface area contributed by atoms with Crippen LogP contribution in [0.2, 0.25) is 0 Å². The first kappa shape index (κ1) is 23.5. The minimum atomic E-state index is -0.355. The SMILES string of the molecule is CCOC(=O)c1cc(-c2ccccc2)n(CCC(=O)N2CCN(c3ccccc3F)CC2)c1C. The van der Waals surface area contributed by atoms with Gasteiger partial charge in [-0.05, 0) is 37.6 Å². The van der Waals surface area contributed by atoms with Gasteiger partial charge in [0, 0.05) is 50.5 Å². The molecule has 0 radical (unpaired) electrons. The molecule has 2 heterocycles. The number of hydrogen-bond acceptors (Lipinski definition) is 4. The Morgan fingerprint density at radius 1 is 0.971 bits per heavy atom. The van der Waals surface area contributed by atoms with E-state index in [9.17, 15) is 14.0 Å². The summed E-state index contributed by atoms with van der Waals surface area (Å²) in [6.45, 7) is 6.73. The number of aromatic nitrogens is 1. The zero-order valence-corrected chi connectivity index (χ0v) is 19.7. The molecule has 2 aromatic carbocycles. The van der Waals surface area contributed by atoms with Gasteiger partial charge in [-0.15, -0.1) is 0 Å². The molecule has 6 nitrogen and oxygen atoms in total. The van der Waals surface area contributed by atoms with E-state index in [1.54, 1.807) is 19.1 Å². The largest absolute Gasteiger partial charge is 0.462 e. The van der Waals surface area contributed by atoms with E-state index >= 15 is 0 Å². The van der Waals surface area contributed by atoms with E-state index < -0.39 is 0 Å². The highest BCUT2D eigenvalue weighted by Crippen LogP contribution is 2.27. The van der Waals surface area contributed by atoms with E-state index in [1.165, 1.54) is 6.07 Å². The zero-order chi connectivity index (χ0) is 24.1.